The van der Waals surface area contributed by atoms with E-state index in [0.717, 1.165) is 38.5 Å². The van der Waals surface area contributed by atoms with Gasteiger partial charge >= 0.3 is 5.97 Å². The highest BCUT2D eigenvalue weighted by Gasteiger charge is 2.70. The Morgan fingerprint density at radius 2 is 1.96 bits per heavy atom. The third-order valence-electron chi connectivity index (χ3n) is 6.84. The van der Waals surface area contributed by atoms with Crippen LogP contribution < -0.4 is 0 Å². The van der Waals surface area contributed by atoms with Crippen LogP contribution >= 0.6 is 0 Å². The van der Waals surface area contributed by atoms with E-state index in [-0.39, 0.29) is 17.8 Å². The standard InChI is InChI=1S/C19H30O5/c1-11(2)5-7-13-15-8-6-12(3)14-9-10-18(4)22-17(21-16(13)20)19(14,15)24-23-18/h11-15,17H,5-10H2,1-4H3/t12-,13-,14+,15+,17-,18-,19-/m1/s1. The lowest BCUT2D eigenvalue weighted by Crippen LogP contribution is -2.70. The first-order valence-corrected chi connectivity index (χ1v) is 9.61. The van der Waals surface area contributed by atoms with E-state index in [1.54, 1.807) is 0 Å². The second kappa shape index (κ2) is 5.68. The Balaban J connectivity index is 1.71. The van der Waals surface area contributed by atoms with E-state index in [2.05, 4.69) is 20.8 Å². The van der Waals surface area contributed by atoms with Gasteiger partial charge in [-0.25, -0.2) is 9.78 Å². The van der Waals surface area contributed by atoms with Crippen LogP contribution in [0.4, 0.5) is 0 Å². The van der Waals surface area contributed by atoms with E-state index in [0.29, 0.717) is 17.8 Å². The molecule has 0 aromatic rings. The van der Waals surface area contributed by atoms with Gasteiger partial charge < -0.3 is 9.47 Å². The molecule has 7 atom stereocenters. The molecule has 0 aromatic heterocycles. The number of carbonyl (C=O) groups is 1. The highest BCUT2D eigenvalue weighted by atomic mass is 17.3. The monoisotopic (exact) mass is 338 g/mol. The minimum absolute atomic E-state index is 0.103. The second-order valence-electron chi connectivity index (χ2n) is 8.92. The lowest BCUT2D eigenvalue weighted by Gasteiger charge is -2.58. The SMILES string of the molecule is CC(C)CC[C@H]1C(=O)O[C@@H]2O[C@@]3(C)CC[C@H]4[C@H](C)CC[C@@H]1[C@@]24OO3. The van der Waals surface area contributed by atoms with Crippen LogP contribution in [0.5, 0.6) is 0 Å². The lowest BCUT2D eigenvalue weighted by atomic mass is 9.57. The largest absolute Gasteiger partial charge is 0.432 e. The van der Waals surface area contributed by atoms with Gasteiger partial charge in [0.1, 0.15) is 0 Å². The van der Waals surface area contributed by atoms with Gasteiger partial charge in [-0.2, -0.15) is 0 Å². The predicted molar refractivity (Wildman–Crippen MR) is 86.4 cm³/mol. The average Bonchev–Trinajstić information content (AvgIpc) is 2.74. The fourth-order valence-electron chi connectivity index (χ4n) is 5.45. The minimum Gasteiger partial charge on any atom is -0.432 e. The summed E-state index contributed by atoms with van der Waals surface area (Å²) in [6.45, 7) is 8.56. The van der Waals surface area contributed by atoms with Crippen molar-refractivity contribution >= 4 is 5.97 Å². The summed E-state index contributed by atoms with van der Waals surface area (Å²) in [5, 5.41) is 0. The van der Waals surface area contributed by atoms with Crippen LogP contribution in [0.15, 0.2) is 0 Å². The molecule has 4 aliphatic heterocycles. The summed E-state index contributed by atoms with van der Waals surface area (Å²) in [6, 6.07) is 0. The molecular formula is C19H30O5. The molecule has 0 radical (unpaired) electrons. The van der Waals surface area contributed by atoms with Crippen LogP contribution in [0.25, 0.3) is 0 Å². The summed E-state index contributed by atoms with van der Waals surface area (Å²) in [6.07, 6.45) is 5.15. The van der Waals surface area contributed by atoms with Gasteiger partial charge in [-0.15, -0.1) is 0 Å². The molecule has 136 valence electrons. The maximum Gasteiger partial charge on any atom is 0.311 e. The van der Waals surface area contributed by atoms with Crippen LogP contribution in [0.2, 0.25) is 0 Å². The first-order valence-electron chi connectivity index (χ1n) is 9.61. The highest BCUT2D eigenvalue weighted by Crippen LogP contribution is 2.60. The molecule has 0 aromatic carbocycles. The van der Waals surface area contributed by atoms with E-state index < -0.39 is 17.7 Å². The number of fused-ring (bicyclic) bond motifs is 2. The normalized spacial score (nSPS) is 50.4. The van der Waals surface area contributed by atoms with Gasteiger partial charge in [0.2, 0.25) is 12.1 Å². The van der Waals surface area contributed by atoms with E-state index in [1.807, 2.05) is 6.92 Å². The molecule has 2 bridgehead atoms. The Hall–Kier alpha value is -0.650. The molecule has 5 aliphatic rings. The average molecular weight is 338 g/mol. The number of carbonyl (C=O) groups excluding carboxylic acids is 1. The molecule has 0 N–H and O–H groups in total. The molecule has 5 fully saturated rings. The quantitative estimate of drug-likeness (QED) is 0.578. The Morgan fingerprint density at radius 1 is 1.17 bits per heavy atom. The van der Waals surface area contributed by atoms with Gasteiger partial charge in [-0.1, -0.05) is 27.2 Å². The zero-order valence-electron chi connectivity index (χ0n) is 15.2. The molecule has 4 saturated heterocycles. The van der Waals surface area contributed by atoms with Gasteiger partial charge in [-0.05, 0) is 44.4 Å². The van der Waals surface area contributed by atoms with E-state index in [1.165, 1.54) is 0 Å². The molecule has 5 heteroatoms. The van der Waals surface area contributed by atoms with Crippen LogP contribution in [-0.2, 0) is 24.0 Å². The topological polar surface area (TPSA) is 54.0 Å². The molecule has 1 saturated carbocycles. The third-order valence-corrected chi connectivity index (χ3v) is 6.84. The molecule has 24 heavy (non-hydrogen) atoms. The van der Waals surface area contributed by atoms with Crippen molar-refractivity contribution in [3.63, 3.8) is 0 Å². The number of hydrogen-bond donors (Lipinski definition) is 0. The number of rotatable bonds is 3. The predicted octanol–water partition coefficient (Wildman–Crippen LogP) is 3.81. The summed E-state index contributed by atoms with van der Waals surface area (Å²) in [5.41, 5.74) is -0.622. The van der Waals surface area contributed by atoms with Crippen molar-refractivity contribution in [2.75, 3.05) is 0 Å². The van der Waals surface area contributed by atoms with Gasteiger partial charge in [0.05, 0.1) is 5.92 Å². The first kappa shape index (κ1) is 16.8. The lowest BCUT2D eigenvalue weighted by molar-refractivity contribution is -0.559. The Bertz CT molecular complexity index is 520. The van der Waals surface area contributed by atoms with Crippen LogP contribution in [0.3, 0.4) is 0 Å². The van der Waals surface area contributed by atoms with Crippen LogP contribution in [-0.4, -0.2) is 23.6 Å². The summed E-state index contributed by atoms with van der Waals surface area (Å²) in [5.74, 6) is 0.537. The van der Waals surface area contributed by atoms with Crippen molar-refractivity contribution < 1.29 is 24.0 Å². The highest BCUT2D eigenvalue weighted by molar-refractivity contribution is 5.74. The van der Waals surface area contributed by atoms with Crippen LogP contribution in [0.1, 0.15) is 66.2 Å². The zero-order chi connectivity index (χ0) is 17.1. The molecule has 0 amide bonds. The molecule has 5 nitrogen and oxygen atoms in total. The van der Waals surface area contributed by atoms with Gasteiger partial charge in [0.25, 0.3) is 0 Å². The fraction of sp³-hybridized carbons (Fsp3) is 0.947. The van der Waals surface area contributed by atoms with E-state index in [4.69, 9.17) is 19.2 Å². The summed E-state index contributed by atoms with van der Waals surface area (Å²) in [7, 11) is 0. The maximum absolute atomic E-state index is 12.7. The fourth-order valence-corrected chi connectivity index (χ4v) is 5.45. The maximum atomic E-state index is 12.7. The molecule has 1 spiro atoms. The Labute approximate surface area is 144 Å². The molecule has 4 heterocycles. The Morgan fingerprint density at radius 3 is 2.71 bits per heavy atom. The number of esters is 1. The Kier molecular flexibility index (Phi) is 3.98. The minimum atomic E-state index is -0.803. The van der Waals surface area contributed by atoms with Crippen molar-refractivity contribution in [2.24, 2.45) is 29.6 Å². The first-order chi connectivity index (χ1) is 11.4. The molecule has 1 aliphatic carbocycles. The van der Waals surface area contributed by atoms with E-state index >= 15 is 0 Å². The summed E-state index contributed by atoms with van der Waals surface area (Å²) >= 11 is 0. The van der Waals surface area contributed by atoms with Crippen molar-refractivity contribution in [1.29, 1.82) is 0 Å². The van der Waals surface area contributed by atoms with Crippen molar-refractivity contribution in [2.45, 2.75) is 83.9 Å². The van der Waals surface area contributed by atoms with Crippen molar-refractivity contribution in [1.82, 2.24) is 0 Å². The zero-order valence-corrected chi connectivity index (χ0v) is 15.2. The number of hydrogen-bond acceptors (Lipinski definition) is 5. The smallest absolute Gasteiger partial charge is 0.311 e. The second-order valence-corrected chi connectivity index (χ2v) is 8.92. The van der Waals surface area contributed by atoms with Gasteiger partial charge in [0.15, 0.2) is 5.60 Å². The molecular weight excluding hydrogens is 308 g/mol. The van der Waals surface area contributed by atoms with Crippen molar-refractivity contribution in [3.05, 3.63) is 0 Å². The molecule has 0 unspecified atom stereocenters. The summed E-state index contributed by atoms with van der Waals surface area (Å²) < 4.78 is 12.0. The van der Waals surface area contributed by atoms with Gasteiger partial charge in [-0.3, -0.25) is 4.79 Å². The van der Waals surface area contributed by atoms with Gasteiger partial charge in [0, 0.05) is 18.3 Å². The van der Waals surface area contributed by atoms with Crippen molar-refractivity contribution in [3.8, 4) is 0 Å². The van der Waals surface area contributed by atoms with Crippen LogP contribution in [0, 0.1) is 29.6 Å². The third kappa shape index (κ3) is 2.35. The summed E-state index contributed by atoms with van der Waals surface area (Å²) in [4.78, 5) is 24.6. The number of ether oxygens (including phenoxy) is 2. The van der Waals surface area contributed by atoms with E-state index in [9.17, 15) is 4.79 Å². The molecule has 5 rings (SSSR count).